The van der Waals surface area contributed by atoms with Crippen molar-refractivity contribution >= 4 is 39.1 Å². The van der Waals surface area contributed by atoms with E-state index in [0.29, 0.717) is 16.8 Å². The molecule has 0 saturated carbocycles. The third-order valence-corrected chi connectivity index (χ3v) is 5.22. The van der Waals surface area contributed by atoms with Gasteiger partial charge in [0.1, 0.15) is 12.4 Å². The summed E-state index contributed by atoms with van der Waals surface area (Å²) in [7, 11) is 0. The summed E-state index contributed by atoms with van der Waals surface area (Å²) in [6, 6.07) is 12.5. The second-order valence-electron chi connectivity index (χ2n) is 6.78. The van der Waals surface area contributed by atoms with Gasteiger partial charge in [-0.1, -0.05) is 24.1 Å². The van der Waals surface area contributed by atoms with Gasteiger partial charge in [0, 0.05) is 11.4 Å². The molecule has 27 heavy (non-hydrogen) atoms. The molecule has 0 fully saturated rings. The van der Waals surface area contributed by atoms with Gasteiger partial charge in [-0.05, 0) is 43.7 Å². The minimum absolute atomic E-state index is 0. The number of rotatable bonds is 4. The van der Waals surface area contributed by atoms with E-state index in [-0.39, 0.29) is 57.4 Å². The first-order valence-electron chi connectivity index (χ1n) is 8.72. The largest absolute Gasteiger partial charge is 1.00 e. The summed E-state index contributed by atoms with van der Waals surface area (Å²) in [6.07, 6.45) is 4.96. The molecule has 0 unspecified atom stereocenters. The predicted molar refractivity (Wildman–Crippen MR) is 107 cm³/mol. The number of allylic oxidation sites excluding steroid dienone is 1. The molecule has 0 atom stereocenters. The zero-order valence-corrected chi connectivity index (χ0v) is 20.4. The van der Waals surface area contributed by atoms with Crippen molar-refractivity contribution in [2.75, 3.05) is 0 Å². The number of aryl methyl sites for hydroxylation is 1. The molecular weight excluding hydrogens is 406 g/mol. The summed E-state index contributed by atoms with van der Waals surface area (Å²) in [6.45, 7) is 4.66. The zero-order valence-electron chi connectivity index (χ0n) is 15.7. The van der Waals surface area contributed by atoms with Crippen LogP contribution in [0.25, 0.3) is 15.9 Å². The Hall–Kier alpha value is -0.334. The molecule has 0 N–H and O–H groups in total. The van der Waals surface area contributed by atoms with Crippen LogP contribution in [0.2, 0.25) is 5.15 Å². The summed E-state index contributed by atoms with van der Waals surface area (Å²) in [5.74, 6) is 0.846. The van der Waals surface area contributed by atoms with E-state index in [1.54, 1.807) is 0 Å². The molecule has 0 spiro atoms. The Morgan fingerprint density at radius 3 is 2.78 bits per heavy atom. The molecule has 6 heteroatoms. The SMILES string of the molecule is CC(C)n1nc(Cl)c2cc(COc3ccc4c(c3)CC[C-]=C4Cl)ccc21.[K+]. The fourth-order valence-corrected chi connectivity index (χ4v) is 3.80. The van der Waals surface area contributed by atoms with Crippen LogP contribution in [-0.4, -0.2) is 9.78 Å². The Morgan fingerprint density at radius 2 is 2.00 bits per heavy atom. The molecule has 0 amide bonds. The Labute approximate surface area is 212 Å². The first-order valence-corrected chi connectivity index (χ1v) is 9.47. The molecule has 1 aromatic heterocycles. The maximum absolute atomic E-state index is 6.31. The van der Waals surface area contributed by atoms with Crippen molar-refractivity contribution in [3.8, 4) is 5.75 Å². The van der Waals surface area contributed by atoms with Crippen molar-refractivity contribution in [2.45, 2.75) is 39.3 Å². The minimum atomic E-state index is 0. The summed E-state index contributed by atoms with van der Waals surface area (Å²) < 4.78 is 7.94. The van der Waals surface area contributed by atoms with E-state index in [0.717, 1.165) is 40.6 Å². The van der Waals surface area contributed by atoms with Crippen LogP contribution in [0.3, 0.4) is 0 Å². The van der Waals surface area contributed by atoms with Gasteiger partial charge >= 0.3 is 51.4 Å². The van der Waals surface area contributed by atoms with Crippen molar-refractivity contribution in [3.05, 3.63) is 64.3 Å². The van der Waals surface area contributed by atoms with Crippen molar-refractivity contribution < 1.29 is 56.1 Å². The van der Waals surface area contributed by atoms with Crippen LogP contribution in [0.15, 0.2) is 36.4 Å². The van der Waals surface area contributed by atoms with Crippen LogP contribution in [0, 0.1) is 6.08 Å². The molecule has 0 aliphatic heterocycles. The molecular formula is C21H19Cl2KN2O. The Kier molecular flexibility index (Phi) is 7.12. The van der Waals surface area contributed by atoms with Gasteiger partial charge in [0.25, 0.3) is 0 Å². The fraction of sp³-hybridized carbons (Fsp3) is 0.286. The molecule has 0 bridgehead atoms. The standard InChI is InChI=1S/C21H19Cl2N2O.K/c1-13(2)25-20-9-6-14(10-18(20)21(23)24-25)12-26-16-7-8-17-15(11-16)4-3-5-19(17)22;/h6-11,13H,3-4,12H2,1-2H3;/q-1;+1. The molecule has 2 aromatic carbocycles. The van der Waals surface area contributed by atoms with Gasteiger partial charge in [-0.3, -0.25) is 10.8 Å². The third kappa shape index (κ3) is 4.48. The van der Waals surface area contributed by atoms with E-state index >= 15 is 0 Å². The zero-order chi connectivity index (χ0) is 18.3. The van der Waals surface area contributed by atoms with Crippen molar-refractivity contribution in [2.24, 2.45) is 0 Å². The van der Waals surface area contributed by atoms with Crippen molar-refractivity contribution in [1.82, 2.24) is 9.78 Å². The van der Waals surface area contributed by atoms with Crippen molar-refractivity contribution in [1.29, 1.82) is 0 Å². The summed E-state index contributed by atoms with van der Waals surface area (Å²) in [4.78, 5) is 0. The van der Waals surface area contributed by atoms with Gasteiger partial charge in [0.05, 0.1) is 5.52 Å². The molecule has 3 nitrogen and oxygen atoms in total. The molecule has 0 saturated heterocycles. The summed E-state index contributed by atoms with van der Waals surface area (Å²) in [5.41, 5.74) is 4.37. The number of hydrogen-bond donors (Lipinski definition) is 0. The van der Waals surface area contributed by atoms with E-state index in [1.807, 2.05) is 16.8 Å². The van der Waals surface area contributed by atoms with Gasteiger partial charge < -0.3 is 4.74 Å². The van der Waals surface area contributed by atoms with Crippen molar-refractivity contribution in [3.63, 3.8) is 0 Å². The average Bonchev–Trinajstić information content (AvgIpc) is 2.97. The molecule has 4 rings (SSSR count). The third-order valence-electron chi connectivity index (χ3n) is 4.61. The van der Waals surface area contributed by atoms with Crippen LogP contribution >= 0.6 is 23.2 Å². The molecule has 3 aromatic rings. The molecule has 1 heterocycles. The van der Waals surface area contributed by atoms with E-state index in [4.69, 9.17) is 27.9 Å². The number of hydrogen-bond acceptors (Lipinski definition) is 2. The fourth-order valence-electron chi connectivity index (χ4n) is 3.28. The number of halogens is 2. The molecule has 1 aliphatic rings. The summed E-state index contributed by atoms with van der Waals surface area (Å²) >= 11 is 12.5. The normalized spacial score (nSPS) is 13.3. The number of fused-ring (bicyclic) bond motifs is 2. The Bertz CT molecular complexity index is 1010. The van der Waals surface area contributed by atoms with Crippen LogP contribution in [-0.2, 0) is 13.0 Å². The second kappa shape index (κ2) is 9.00. The first-order chi connectivity index (χ1) is 12.5. The Morgan fingerprint density at radius 1 is 1.19 bits per heavy atom. The van der Waals surface area contributed by atoms with Crippen LogP contribution in [0.4, 0.5) is 0 Å². The van der Waals surface area contributed by atoms with Crippen LogP contribution in [0.1, 0.15) is 43.0 Å². The minimum Gasteiger partial charge on any atom is -0.489 e. The quantitative estimate of drug-likeness (QED) is 0.474. The predicted octanol–water partition coefficient (Wildman–Crippen LogP) is 3.18. The van der Waals surface area contributed by atoms with Gasteiger partial charge in [-0.25, -0.2) is 0 Å². The van der Waals surface area contributed by atoms with Gasteiger partial charge in [0.2, 0.25) is 0 Å². The van der Waals surface area contributed by atoms with Gasteiger partial charge in [-0.2, -0.15) is 10.7 Å². The summed E-state index contributed by atoms with van der Waals surface area (Å²) in [5, 5.41) is 6.62. The smallest absolute Gasteiger partial charge is 0.489 e. The van der Waals surface area contributed by atoms with E-state index in [9.17, 15) is 0 Å². The second-order valence-corrected chi connectivity index (χ2v) is 7.51. The van der Waals surface area contributed by atoms with Gasteiger partial charge in [0.15, 0.2) is 5.15 Å². The van der Waals surface area contributed by atoms with Crippen LogP contribution in [0.5, 0.6) is 5.75 Å². The number of benzene rings is 2. The first kappa shape index (κ1) is 21.4. The van der Waals surface area contributed by atoms with Crippen LogP contribution < -0.4 is 56.1 Å². The van der Waals surface area contributed by atoms with E-state index < -0.39 is 0 Å². The van der Waals surface area contributed by atoms with E-state index in [1.165, 1.54) is 5.56 Å². The maximum Gasteiger partial charge on any atom is 1.00 e. The van der Waals surface area contributed by atoms with Gasteiger partial charge in [-0.15, -0.1) is 34.7 Å². The number of aromatic nitrogens is 2. The molecule has 0 radical (unpaired) electrons. The molecule has 1 aliphatic carbocycles. The average molecular weight is 425 g/mol. The Balaban J connectivity index is 0.00000210. The monoisotopic (exact) mass is 424 g/mol. The number of nitrogens with zero attached hydrogens (tertiary/aromatic N) is 2. The van der Waals surface area contributed by atoms with E-state index in [2.05, 4.69) is 49.3 Å². The molecule has 134 valence electrons. The topological polar surface area (TPSA) is 27.1 Å². The maximum atomic E-state index is 6.31. The number of ether oxygens (including phenoxy) is 1.